The van der Waals surface area contributed by atoms with Crippen molar-refractivity contribution in [3.05, 3.63) is 15.6 Å². The second-order valence-electron chi connectivity index (χ2n) is 4.93. The molecule has 2 aliphatic rings. The van der Waals surface area contributed by atoms with Crippen molar-refractivity contribution >= 4 is 11.3 Å². The van der Waals surface area contributed by atoms with Crippen LogP contribution in [0.1, 0.15) is 34.3 Å². The standard InChI is InChI=1S/C12H19N3S/c1-15-7-4-10-11(8-15)16-12(14-10)9-2-5-13-6-3-9/h9,13H,2-8H2,1H3. The Bertz CT molecular complexity index is 368. The van der Waals surface area contributed by atoms with E-state index in [1.165, 1.54) is 35.0 Å². The number of fused-ring (bicyclic) bond motifs is 1. The van der Waals surface area contributed by atoms with Crippen LogP contribution in [-0.2, 0) is 13.0 Å². The van der Waals surface area contributed by atoms with Crippen molar-refractivity contribution < 1.29 is 0 Å². The van der Waals surface area contributed by atoms with Crippen LogP contribution in [0.2, 0.25) is 0 Å². The minimum Gasteiger partial charge on any atom is -0.317 e. The number of hydrogen-bond acceptors (Lipinski definition) is 4. The molecule has 3 nitrogen and oxygen atoms in total. The van der Waals surface area contributed by atoms with Crippen molar-refractivity contribution in [2.24, 2.45) is 0 Å². The van der Waals surface area contributed by atoms with Crippen LogP contribution in [0.5, 0.6) is 0 Å². The lowest BCUT2D eigenvalue weighted by Crippen LogP contribution is -2.26. The number of aromatic nitrogens is 1. The Morgan fingerprint density at radius 2 is 2.19 bits per heavy atom. The van der Waals surface area contributed by atoms with Gasteiger partial charge in [0.1, 0.15) is 0 Å². The summed E-state index contributed by atoms with van der Waals surface area (Å²) in [4.78, 5) is 8.78. The Balaban J connectivity index is 1.80. The number of nitrogens with zero attached hydrogens (tertiary/aromatic N) is 2. The molecule has 0 unspecified atom stereocenters. The highest BCUT2D eigenvalue weighted by molar-refractivity contribution is 7.11. The molecule has 0 atom stereocenters. The summed E-state index contributed by atoms with van der Waals surface area (Å²) in [5, 5.41) is 4.83. The van der Waals surface area contributed by atoms with Gasteiger partial charge >= 0.3 is 0 Å². The summed E-state index contributed by atoms with van der Waals surface area (Å²) in [6.45, 7) is 4.60. The molecule has 0 amide bonds. The van der Waals surface area contributed by atoms with Crippen LogP contribution >= 0.6 is 11.3 Å². The first-order chi connectivity index (χ1) is 7.83. The Morgan fingerprint density at radius 1 is 1.38 bits per heavy atom. The summed E-state index contributed by atoms with van der Waals surface area (Å²) >= 11 is 1.97. The van der Waals surface area contributed by atoms with E-state index in [1.54, 1.807) is 0 Å². The molecule has 1 fully saturated rings. The van der Waals surface area contributed by atoms with Crippen LogP contribution < -0.4 is 5.32 Å². The first-order valence-corrected chi connectivity index (χ1v) is 7.02. The highest BCUT2D eigenvalue weighted by Gasteiger charge is 2.23. The third kappa shape index (κ3) is 2.01. The molecule has 1 saturated heterocycles. The van der Waals surface area contributed by atoms with E-state index in [0.29, 0.717) is 0 Å². The number of likely N-dealkylation sites (N-methyl/N-ethyl adjacent to an activating group) is 1. The molecule has 1 aromatic heterocycles. The van der Waals surface area contributed by atoms with E-state index in [1.807, 2.05) is 11.3 Å². The molecular weight excluding hydrogens is 218 g/mol. The third-order valence-corrected chi connectivity index (χ3v) is 4.87. The van der Waals surface area contributed by atoms with E-state index < -0.39 is 0 Å². The molecule has 0 radical (unpaired) electrons. The maximum absolute atomic E-state index is 4.87. The Labute approximate surface area is 101 Å². The van der Waals surface area contributed by atoms with Crippen molar-refractivity contribution in [1.82, 2.24) is 15.2 Å². The molecule has 0 spiro atoms. The van der Waals surface area contributed by atoms with E-state index in [-0.39, 0.29) is 0 Å². The summed E-state index contributed by atoms with van der Waals surface area (Å²) in [6, 6.07) is 0. The van der Waals surface area contributed by atoms with Crippen molar-refractivity contribution in [2.75, 3.05) is 26.7 Å². The van der Waals surface area contributed by atoms with Crippen LogP contribution in [0.4, 0.5) is 0 Å². The van der Waals surface area contributed by atoms with Gasteiger partial charge in [0.05, 0.1) is 10.7 Å². The van der Waals surface area contributed by atoms with Gasteiger partial charge in [-0.15, -0.1) is 11.3 Å². The van der Waals surface area contributed by atoms with E-state index in [2.05, 4.69) is 17.3 Å². The van der Waals surface area contributed by atoms with Crippen LogP contribution in [0.25, 0.3) is 0 Å². The van der Waals surface area contributed by atoms with E-state index >= 15 is 0 Å². The smallest absolute Gasteiger partial charge is 0.0963 e. The number of piperidine rings is 1. The molecule has 4 heteroatoms. The number of nitrogens with one attached hydrogen (secondary N) is 1. The fourth-order valence-electron chi connectivity index (χ4n) is 2.59. The fourth-order valence-corrected chi connectivity index (χ4v) is 3.95. The van der Waals surface area contributed by atoms with Gasteiger partial charge in [-0.05, 0) is 33.0 Å². The minimum atomic E-state index is 0.724. The van der Waals surface area contributed by atoms with Crippen LogP contribution in [0.3, 0.4) is 0 Å². The lowest BCUT2D eigenvalue weighted by atomic mass is 9.99. The molecule has 0 aliphatic carbocycles. The summed E-state index contributed by atoms with van der Waals surface area (Å²) in [7, 11) is 2.20. The zero-order valence-electron chi connectivity index (χ0n) is 9.83. The van der Waals surface area contributed by atoms with E-state index in [4.69, 9.17) is 4.98 Å². The molecule has 3 heterocycles. The maximum Gasteiger partial charge on any atom is 0.0963 e. The van der Waals surface area contributed by atoms with Gasteiger partial charge in [-0.2, -0.15) is 0 Å². The average molecular weight is 237 g/mol. The normalized spacial score (nSPS) is 23.3. The van der Waals surface area contributed by atoms with Crippen LogP contribution in [-0.4, -0.2) is 36.6 Å². The van der Waals surface area contributed by atoms with Crippen molar-refractivity contribution in [1.29, 1.82) is 0 Å². The molecule has 88 valence electrons. The summed E-state index contributed by atoms with van der Waals surface area (Å²) in [5.74, 6) is 0.724. The van der Waals surface area contributed by atoms with Gasteiger partial charge in [0.2, 0.25) is 0 Å². The lowest BCUT2D eigenvalue weighted by Gasteiger charge is -2.20. The lowest BCUT2D eigenvalue weighted by molar-refractivity contribution is 0.314. The molecule has 0 aromatic carbocycles. The predicted octanol–water partition coefficient (Wildman–Crippen LogP) is 1.60. The highest BCUT2D eigenvalue weighted by Crippen LogP contribution is 2.33. The van der Waals surface area contributed by atoms with Gasteiger partial charge in [0.25, 0.3) is 0 Å². The highest BCUT2D eigenvalue weighted by atomic mass is 32.1. The fraction of sp³-hybridized carbons (Fsp3) is 0.750. The third-order valence-electron chi connectivity index (χ3n) is 3.63. The minimum absolute atomic E-state index is 0.724. The Kier molecular flexibility index (Phi) is 2.96. The monoisotopic (exact) mass is 237 g/mol. The molecule has 3 rings (SSSR count). The van der Waals surface area contributed by atoms with E-state index in [9.17, 15) is 0 Å². The molecule has 2 aliphatic heterocycles. The van der Waals surface area contributed by atoms with E-state index in [0.717, 1.165) is 32.0 Å². The quantitative estimate of drug-likeness (QED) is 0.804. The maximum atomic E-state index is 4.87. The summed E-state index contributed by atoms with van der Waals surface area (Å²) in [5.41, 5.74) is 1.39. The Morgan fingerprint density at radius 3 is 3.00 bits per heavy atom. The van der Waals surface area contributed by atoms with Crippen molar-refractivity contribution in [3.8, 4) is 0 Å². The van der Waals surface area contributed by atoms with Gasteiger partial charge in [0.15, 0.2) is 0 Å². The van der Waals surface area contributed by atoms with Gasteiger partial charge < -0.3 is 10.2 Å². The van der Waals surface area contributed by atoms with Crippen LogP contribution in [0, 0.1) is 0 Å². The molecule has 1 aromatic rings. The SMILES string of the molecule is CN1CCc2nc(C3CCNCC3)sc2C1. The van der Waals surface area contributed by atoms with Crippen molar-refractivity contribution in [2.45, 2.75) is 31.7 Å². The number of hydrogen-bond donors (Lipinski definition) is 1. The van der Waals surface area contributed by atoms with Gasteiger partial charge in [-0.25, -0.2) is 4.98 Å². The zero-order valence-corrected chi connectivity index (χ0v) is 10.6. The topological polar surface area (TPSA) is 28.2 Å². The largest absolute Gasteiger partial charge is 0.317 e. The Hall–Kier alpha value is -0.450. The zero-order chi connectivity index (χ0) is 11.0. The molecular formula is C12H19N3S. The molecule has 0 saturated carbocycles. The molecule has 16 heavy (non-hydrogen) atoms. The van der Waals surface area contributed by atoms with Gasteiger partial charge in [-0.1, -0.05) is 0 Å². The van der Waals surface area contributed by atoms with Gasteiger partial charge in [0, 0.05) is 30.3 Å². The second kappa shape index (κ2) is 4.43. The molecule has 0 bridgehead atoms. The average Bonchev–Trinajstić information content (AvgIpc) is 2.73. The summed E-state index contributed by atoms with van der Waals surface area (Å²) < 4.78 is 0. The number of thiazole rings is 1. The van der Waals surface area contributed by atoms with Gasteiger partial charge in [-0.3, -0.25) is 0 Å². The first-order valence-electron chi connectivity index (χ1n) is 6.20. The van der Waals surface area contributed by atoms with Crippen molar-refractivity contribution in [3.63, 3.8) is 0 Å². The predicted molar refractivity (Wildman–Crippen MR) is 67.0 cm³/mol. The number of rotatable bonds is 1. The summed E-state index contributed by atoms with van der Waals surface area (Å²) in [6.07, 6.45) is 3.68. The first kappa shape index (κ1) is 10.7. The second-order valence-corrected chi connectivity index (χ2v) is 6.05. The molecule has 1 N–H and O–H groups in total. The van der Waals surface area contributed by atoms with Crippen LogP contribution in [0.15, 0.2) is 0 Å².